The highest BCUT2D eigenvalue weighted by Gasteiger charge is 2.43. The lowest BCUT2D eigenvalue weighted by Crippen LogP contribution is -2.34. The second-order valence-electron chi connectivity index (χ2n) is 10.4. The third-order valence-corrected chi connectivity index (χ3v) is 7.32. The summed E-state index contributed by atoms with van der Waals surface area (Å²) in [6.45, 7) is 20.7. The highest BCUT2D eigenvalue weighted by molar-refractivity contribution is 6.28. The van der Waals surface area contributed by atoms with Crippen LogP contribution in [0.5, 0.6) is 0 Å². The molecule has 0 aliphatic carbocycles. The Labute approximate surface area is 291 Å². The molecule has 260 valence electrons. The maximum absolute atomic E-state index is 13.2. The van der Waals surface area contributed by atoms with Crippen LogP contribution in [0.3, 0.4) is 0 Å². The van der Waals surface area contributed by atoms with Crippen molar-refractivity contribution < 1.29 is 14.3 Å². The van der Waals surface area contributed by atoms with Crippen LogP contribution >= 0.6 is 11.6 Å². The maximum atomic E-state index is 13.2. The van der Waals surface area contributed by atoms with Gasteiger partial charge in [0.05, 0.1) is 18.1 Å². The van der Waals surface area contributed by atoms with Crippen LogP contribution in [-0.4, -0.2) is 77.1 Å². The molecule has 2 saturated heterocycles. The number of hydrogen-bond donors (Lipinski definition) is 1. The van der Waals surface area contributed by atoms with Gasteiger partial charge in [-0.25, -0.2) is 14.8 Å². The largest absolute Gasteiger partial charge is 0.355 e. The molecule has 5 rings (SSSR count). The Kier molecular flexibility index (Phi) is 19.3. The molecule has 3 aromatic rings. The van der Waals surface area contributed by atoms with E-state index in [0.29, 0.717) is 30.2 Å². The summed E-state index contributed by atoms with van der Waals surface area (Å²) in [6.07, 6.45) is 5.55. The number of carbonyl (C=O) groups is 2. The van der Waals surface area contributed by atoms with Crippen molar-refractivity contribution in [1.82, 2.24) is 19.4 Å². The first-order chi connectivity index (χ1) is 23.2. The summed E-state index contributed by atoms with van der Waals surface area (Å²) in [7, 11) is 3.20. The maximum Gasteiger partial charge on any atom is 0.327 e. The van der Waals surface area contributed by atoms with Crippen molar-refractivity contribution in [2.75, 3.05) is 20.6 Å². The number of imidazole rings is 1. The van der Waals surface area contributed by atoms with Gasteiger partial charge < -0.3 is 15.4 Å². The van der Waals surface area contributed by atoms with Crippen molar-refractivity contribution in [1.29, 1.82) is 0 Å². The third kappa shape index (κ3) is 11.7. The Morgan fingerprint density at radius 1 is 1.06 bits per heavy atom. The lowest BCUT2D eigenvalue weighted by atomic mass is 10.0. The van der Waals surface area contributed by atoms with Crippen LogP contribution in [0.25, 0.3) is 11.1 Å². The number of urea groups is 1. The molecule has 1 aromatic heterocycles. The van der Waals surface area contributed by atoms with Crippen LogP contribution in [0.15, 0.2) is 95.7 Å². The molecule has 3 unspecified atom stereocenters. The number of rotatable bonds is 9. The van der Waals surface area contributed by atoms with Gasteiger partial charge in [0.1, 0.15) is 18.6 Å². The zero-order valence-electron chi connectivity index (χ0n) is 29.3. The van der Waals surface area contributed by atoms with Gasteiger partial charge in [0.2, 0.25) is 0 Å². The lowest BCUT2D eigenvalue weighted by molar-refractivity contribution is -0.128. The van der Waals surface area contributed by atoms with Crippen LogP contribution in [-0.2, 0) is 16.0 Å². The third-order valence-electron chi connectivity index (χ3n) is 7.32. The van der Waals surface area contributed by atoms with Crippen LogP contribution in [0, 0.1) is 6.92 Å². The monoisotopic (exact) mass is 677 g/mol. The Balaban J connectivity index is 0.00000104. The van der Waals surface area contributed by atoms with E-state index in [-0.39, 0.29) is 24.3 Å². The average molecular weight is 678 g/mol. The number of nitrogens with two attached hydrogens (primary N) is 1. The molecule has 2 aliphatic rings. The summed E-state index contributed by atoms with van der Waals surface area (Å²) in [4.78, 5) is 41.4. The minimum atomic E-state index is -0.505. The standard InChI is InChI=1S/C29H32N6O3.C3H5Cl.C2H6.C2H4.CH5N/c1-20-27(31-18-30-2)35(19-32-20)26-14-13-24(38-26)15-16-34-28(36)25(33(3)29(34)37)17-21-9-11-23(12-10-21)22-7-5-4-6-8-22;1-3(2)4;3*1-2/h4-12,18-19,24-26H,2,13-17H2,1,3H3;1H2,2H3;1-2H3;1-2H2;2H2,1H3/b31-18-;;;;. The Bertz CT molecular complexity index is 1450. The molecule has 3 atom stereocenters. The number of nitrogens with zero attached hydrogens (tertiary/aromatic N) is 6. The van der Waals surface area contributed by atoms with Gasteiger partial charge in [-0.15, -0.1) is 13.2 Å². The van der Waals surface area contributed by atoms with Crippen molar-refractivity contribution in [3.05, 3.63) is 97.0 Å². The molecule has 3 heterocycles. The van der Waals surface area contributed by atoms with Gasteiger partial charge in [0.15, 0.2) is 5.82 Å². The molecule has 3 amide bonds. The minimum absolute atomic E-state index is 0.0625. The Hall–Kier alpha value is -4.38. The molecule has 2 aliphatic heterocycles. The number of allylic oxidation sites excluding steroid dienone is 1. The topological polar surface area (TPSA) is 118 Å². The fourth-order valence-electron chi connectivity index (χ4n) is 5.17. The summed E-state index contributed by atoms with van der Waals surface area (Å²) >= 11 is 5.08. The molecule has 0 spiro atoms. The lowest BCUT2D eigenvalue weighted by Gasteiger charge is -2.18. The number of ether oxygens (including phenoxy) is 1. The molecule has 2 aromatic carbocycles. The SMILES string of the molecule is C=C.C=C(C)Cl.C=N/C=N\c1c(C)ncn1C1CCC(CCN2C(=O)C(Cc3ccc(-c4ccccc4)cc3)N(C)C2=O)O1.CC.CN. The Morgan fingerprint density at radius 2 is 1.65 bits per heavy atom. The Morgan fingerprint density at radius 3 is 2.23 bits per heavy atom. The zero-order valence-corrected chi connectivity index (χ0v) is 30.1. The predicted octanol–water partition coefficient (Wildman–Crippen LogP) is 7.95. The summed E-state index contributed by atoms with van der Waals surface area (Å²) < 4.78 is 8.15. The first-order valence-electron chi connectivity index (χ1n) is 16.0. The van der Waals surface area contributed by atoms with E-state index in [1.807, 2.05) is 55.7 Å². The molecule has 2 N–H and O–H groups in total. The quantitative estimate of drug-likeness (QED) is 0.107. The number of likely N-dealkylation sites (N-methyl/N-ethyl adjacent to an activating group) is 1. The molecular weight excluding hydrogens is 626 g/mol. The normalized spacial score (nSPS) is 18.0. The highest BCUT2D eigenvalue weighted by Crippen LogP contribution is 2.34. The van der Waals surface area contributed by atoms with Gasteiger partial charge in [0.25, 0.3) is 5.91 Å². The number of aromatic nitrogens is 2. The highest BCUT2D eigenvalue weighted by atomic mass is 35.5. The van der Waals surface area contributed by atoms with E-state index in [4.69, 9.17) is 16.3 Å². The second kappa shape index (κ2) is 22.2. The number of aryl methyl sites for hydroxylation is 1. The molecule has 11 heteroatoms. The van der Waals surface area contributed by atoms with E-state index >= 15 is 0 Å². The number of halogens is 1. The first kappa shape index (κ1) is 41.6. The van der Waals surface area contributed by atoms with E-state index in [0.717, 1.165) is 35.2 Å². The summed E-state index contributed by atoms with van der Waals surface area (Å²) in [5.74, 6) is 0.534. The van der Waals surface area contributed by atoms with Gasteiger partial charge in [-0.1, -0.05) is 86.6 Å². The van der Waals surface area contributed by atoms with Crippen molar-refractivity contribution in [3.8, 4) is 11.1 Å². The summed E-state index contributed by atoms with van der Waals surface area (Å²) in [6, 6.07) is 17.6. The van der Waals surface area contributed by atoms with E-state index in [1.165, 1.54) is 18.3 Å². The zero-order chi connectivity index (χ0) is 36.2. The molecule has 0 saturated carbocycles. The minimum Gasteiger partial charge on any atom is -0.355 e. The van der Waals surface area contributed by atoms with Gasteiger partial charge in [-0.2, -0.15) is 0 Å². The van der Waals surface area contributed by atoms with Crippen LogP contribution in [0.4, 0.5) is 10.6 Å². The fourth-order valence-corrected chi connectivity index (χ4v) is 5.17. The van der Waals surface area contributed by atoms with Gasteiger partial charge in [-0.05, 0) is 63.6 Å². The molecule has 10 nitrogen and oxygen atoms in total. The number of imide groups is 1. The second-order valence-corrected chi connectivity index (χ2v) is 11.1. The molecule has 48 heavy (non-hydrogen) atoms. The van der Waals surface area contributed by atoms with Crippen LogP contribution in [0.2, 0.25) is 0 Å². The number of amides is 3. The number of carbonyl (C=O) groups excluding carboxylic acids is 2. The first-order valence-corrected chi connectivity index (χ1v) is 16.4. The van der Waals surface area contributed by atoms with Crippen molar-refractivity contribution >= 4 is 42.4 Å². The van der Waals surface area contributed by atoms with Crippen molar-refractivity contribution in [2.45, 2.75) is 71.8 Å². The van der Waals surface area contributed by atoms with Gasteiger partial charge in [0, 0.05) is 25.0 Å². The van der Waals surface area contributed by atoms with Gasteiger partial charge >= 0.3 is 6.03 Å². The van der Waals surface area contributed by atoms with Crippen molar-refractivity contribution in [2.24, 2.45) is 15.7 Å². The van der Waals surface area contributed by atoms with E-state index < -0.39 is 6.04 Å². The summed E-state index contributed by atoms with van der Waals surface area (Å²) in [5.41, 5.74) is 8.57. The number of aliphatic imine (C=N–C) groups is 2. The van der Waals surface area contributed by atoms with Crippen LogP contribution < -0.4 is 5.73 Å². The molecular formula is C37H52ClN7O3. The van der Waals surface area contributed by atoms with E-state index in [1.54, 1.807) is 25.2 Å². The smallest absolute Gasteiger partial charge is 0.327 e. The molecule has 0 radical (unpaired) electrons. The van der Waals surface area contributed by atoms with Crippen molar-refractivity contribution in [3.63, 3.8) is 0 Å². The van der Waals surface area contributed by atoms with Gasteiger partial charge in [-0.3, -0.25) is 19.3 Å². The van der Waals surface area contributed by atoms with Crippen LogP contribution in [0.1, 0.15) is 57.5 Å². The fraction of sp³-hybridized carbons (Fsp3) is 0.378. The number of hydrogen-bond acceptors (Lipinski definition) is 6. The predicted molar refractivity (Wildman–Crippen MR) is 200 cm³/mol. The summed E-state index contributed by atoms with van der Waals surface area (Å²) in [5, 5.41) is 0.639. The molecule has 2 fully saturated rings. The number of benzene rings is 2. The van der Waals surface area contributed by atoms with E-state index in [2.05, 4.69) is 71.4 Å². The molecule has 0 bridgehead atoms. The average Bonchev–Trinajstić information content (AvgIpc) is 3.79. The van der Waals surface area contributed by atoms with E-state index in [9.17, 15) is 9.59 Å².